The molecule has 0 bridgehead atoms. The van der Waals surface area contributed by atoms with Gasteiger partial charge in [-0.15, -0.1) is 0 Å². The van der Waals surface area contributed by atoms with E-state index in [9.17, 15) is 4.79 Å². The number of ether oxygens (including phenoxy) is 1. The molecule has 1 aliphatic rings. The van der Waals surface area contributed by atoms with Gasteiger partial charge in [0.25, 0.3) is 0 Å². The Labute approximate surface area is 200 Å². The Hall–Kier alpha value is -3.19. The quantitative estimate of drug-likeness (QED) is 0.425. The zero-order chi connectivity index (χ0) is 23.7. The van der Waals surface area contributed by atoms with Crippen LogP contribution in [0.2, 0.25) is 0 Å². The van der Waals surface area contributed by atoms with Gasteiger partial charge in [0, 0.05) is 17.6 Å². The number of carbonyl (C=O) groups excluding carboxylic acids is 1. The van der Waals surface area contributed by atoms with E-state index >= 15 is 0 Å². The molecule has 6 nitrogen and oxygen atoms in total. The molecule has 3 heterocycles. The Bertz CT molecular complexity index is 1170. The first kappa shape index (κ1) is 23.0. The molecule has 33 heavy (non-hydrogen) atoms. The number of benzene rings is 1. The molecular formula is C26H30N4O2S. The van der Waals surface area contributed by atoms with Gasteiger partial charge in [-0.05, 0) is 81.7 Å². The summed E-state index contributed by atoms with van der Waals surface area (Å²) in [6, 6.07) is 14.0. The van der Waals surface area contributed by atoms with Gasteiger partial charge in [-0.3, -0.25) is 9.78 Å². The summed E-state index contributed by atoms with van der Waals surface area (Å²) in [5.41, 5.74) is 7.88. The Balaban J connectivity index is 1.85. The van der Waals surface area contributed by atoms with Crippen molar-refractivity contribution < 1.29 is 9.53 Å². The van der Waals surface area contributed by atoms with E-state index in [4.69, 9.17) is 17.0 Å². The van der Waals surface area contributed by atoms with Gasteiger partial charge < -0.3 is 19.5 Å². The van der Waals surface area contributed by atoms with Gasteiger partial charge in [-0.1, -0.05) is 24.3 Å². The minimum absolute atomic E-state index is 0.0841. The number of nitrogens with zero attached hydrogens (tertiary/aromatic N) is 3. The second-order valence-electron chi connectivity index (χ2n) is 8.46. The van der Waals surface area contributed by atoms with Gasteiger partial charge in [-0.2, -0.15) is 0 Å². The summed E-state index contributed by atoms with van der Waals surface area (Å²) < 4.78 is 7.55. The Kier molecular flexibility index (Phi) is 6.51. The van der Waals surface area contributed by atoms with Gasteiger partial charge >= 0.3 is 5.97 Å². The van der Waals surface area contributed by atoms with E-state index < -0.39 is 0 Å². The van der Waals surface area contributed by atoms with Gasteiger partial charge in [0.05, 0.1) is 30.1 Å². The number of nitrogens with one attached hydrogen (secondary N) is 1. The van der Waals surface area contributed by atoms with Crippen LogP contribution in [0, 0.1) is 27.7 Å². The molecule has 1 aliphatic heterocycles. The predicted molar refractivity (Wildman–Crippen MR) is 134 cm³/mol. The lowest BCUT2D eigenvalue weighted by Gasteiger charge is -2.27. The summed E-state index contributed by atoms with van der Waals surface area (Å²) in [7, 11) is 0. The highest BCUT2D eigenvalue weighted by molar-refractivity contribution is 7.80. The minimum atomic E-state index is -0.295. The molecule has 172 valence electrons. The minimum Gasteiger partial charge on any atom is -0.465 e. The lowest BCUT2D eigenvalue weighted by Crippen LogP contribution is -2.35. The summed E-state index contributed by atoms with van der Waals surface area (Å²) >= 11 is 5.69. The highest BCUT2D eigenvalue weighted by Gasteiger charge is 2.42. The summed E-state index contributed by atoms with van der Waals surface area (Å²) in [4.78, 5) is 19.0. The number of hydrogen-bond donors (Lipinski definition) is 1. The number of para-hydroxylation sites is 1. The molecule has 0 saturated carbocycles. The average Bonchev–Trinajstić information content (AvgIpc) is 3.25. The Morgan fingerprint density at radius 3 is 2.48 bits per heavy atom. The van der Waals surface area contributed by atoms with Crippen molar-refractivity contribution in [3.05, 3.63) is 82.4 Å². The molecule has 0 spiro atoms. The van der Waals surface area contributed by atoms with Gasteiger partial charge in [0.15, 0.2) is 5.11 Å². The first-order valence-corrected chi connectivity index (χ1v) is 11.6. The monoisotopic (exact) mass is 462 g/mol. The zero-order valence-electron chi connectivity index (χ0n) is 19.8. The molecule has 0 unspecified atom stereocenters. The predicted octanol–water partition coefficient (Wildman–Crippen LogP) is 4.64. The van der Waals surface area contributed by atoms with Crippen molar-refractivity contribution in [2.75, 3.05) is 13.2 Å². The molecule has 2 atom stereocenters. The van der Waals surface area contributed by atoms with Crippen molar-refractivity contribution in [3.8, 4) is 5.69 Å². The Morgan fingerprint density at radius 2 is 1.85 bits per heavy atom. The van der Waals surface area contributed by atoms with Crippen LogP contribution in [-0.4, -0.2) is 38.7 Å². The van der Waals surface area contributed by atoms with Crippen LogP contribution in [0.1, 0.15) is 52.8 Å². The van der Waals surface area contributed by atoms with Crippen LogP contribution >= 0.6 is 12.2 Å². The third-order valence-corrected chi connectivity index (χ3v) is 6.61. The van der Waals surface area contributed by atoms with E-state index in [1.54, 1.807) is 6.20 Å². The molecule has 2 aromatic heterocycles. The number of rotatable bonds is 6. The number of aryl methyl sites for hydroxylation is 3. The standard InChI is InChI=1S/C26H30N4O2S/c1-6-32-22(31)15-29-25(23(28-26(29)33)21-12-7-8-13-27-21)20-14-18(4)30(19(20)5)24-16(2)10-9-11-17(24)3/h7-14,23,25H,6,15H2,1-5H3,(H,28,33)/t23-,25+/m0/s1. The van der Waals surface area contributed by atoms with E-state index in [1.807, 2.05) is 30.0 Å². The van der Waals surface area contributed by atoms with E-state index in [0.717, 1.165) is 22.6 Å². The second kappa shape index (κ2) is 9.35. The fourth-order valence-corrected chi connectivity index (χ4v) is 5.15. The van der Waals surface area contributed by atoms with Crippen LogP contribution in [0.15, 0.2) is 48.7 Å². The highest BCUT2D eigenvalue weighted by Crippen LogP contribution is 2.41. The number of carbonyl (C=O) groups is 1. The first-order valence-electron chi connectivity index (χ1n) is 11.2. The largest absolute Gasteiger partial charge is 0.465 e. The van der Waals surface area contributed by atoms with Crippen LogP contribution in [0.3, 0.4) is 0 Å². The molecule has 0 aliphatic carbocycles. The van der Waals surface area contributed by atoms with Crippen LogP contribution in [0.5, 0.6) is 0 Å². The Morgan fingerprint density at radius 1 is 1.12 bits per heavy atom. The third-order valence-electron chi connectivity index (χ3n) is 6.25. The maximum absolute atomic E-state index is 12.5. The number of aromatic nitrogens is 2. The normalized spacial score (nSPS) is 17.8. The number of esters is 1. The summed E-state index contributed by atoms with van der Waals surface area (Å²) in [6.45, 7) is 10.8. The topological polar surface area (TPSA) is 59.4 Å². The highest BCUT2D eigenvalue weighted by atomic mass is 32.1. The van der Waals surface area contributed by atoms with E-state index in [0.29, 0.717) is 11.7 Å². The number of hydrogen-bond acceptors (Lipinski definition) is 4. The van der Waals surface area contributed by atoms with Gasteiger partial charge in [-0.25, -0.2) is 0 Å². The molecule has 7 heteroatoms. The molecule has 1 saturated heterocycles. The van der Waals surface area contributed by atoms with Crippen molar-refractivity contribution in [1.82, 2.24) is 19.8 Å². The molecule has 1 fully saturated rings. The van der Waals surface area contributed by atoms with Crippen molar-refractivity contribution in [3.63, 3.8) is 0 Å². The lowest BCUT2D eigenvalue weighted by molar-refractivity contribution is -0.143. The van der Waals surface area contributed by atoms with Gasteiger partial charge in [0.1, 0.15) is 6.54 Å². The van der Waals surface area contributed by atoms with Crippen molar-refractivity contribution in [2.45, 2.75) is 46.7 Å². The number of pyridine rings is 1. The van der Waals surface area contributed by atoms with Crippen LogP contribution < -0.4 is 5.32 Å². The molecule has 4 rings (SSSR count). The second-order valence-corrected chi connectivity index (χ2v) is 8.85. The fourth-order valence-electron chi connectivity index (χ4n) is 4.85. The van der Waals surface area contributed by atoms with Crippen LogP contribution in [-0.2, 0) is 9.53 Å². The van der Waals surface area contributed by atoms with E-state index in [2.05, 4.69) is 66.8 Å². The van der Waals surface area contributed by atoms with E-state index in [1.165, 1.54) is 16.8 Å². The van der Waals surface area contributed by atoms with Gasteiger partial charge in [0.2, 0.25) is 0 Å². The maximum atomic E-state index is 12.5. The first-order chi connectivity index (χ1) is 15.8. The fraction of sp³-hybridized carbons (Fsp3) is 0.346. The molecular weight excluding hydrogens is 432 g/mol. The number of thiocarbonyl (C=S) groups is 1. The maximum Gasteiger partial charge on any atom is 0.325 e. The summed E-state index contributed by atoms with van der Waals surface area (Å²) in [5.74, 6) is -0.295. The molecule has 1 N–H and O–H groups in total. The summed E-state index contributed by atoms with van der Waals surface area (Å²) in [5, 5.41) is 3.94. The van der Waals surface area contributed by atoms with Crippen molar-refractivity contribution in [2.24, 2.45) is 0 Å². The van der Waals surface area contributed by atoms with E-state index in [-0.39, 0.29) is 24.6 Å². The summed E-state index contributed by atoms with van der Waals surface area (Å²) in [6.07, 6.45) is 1.78. The molecule has 3 aromatic rings. The van der Waals surface area contributed by atoms with Crippen molar-refractivity contribution >= 4 is 23.3 Å². The van der Waals surface area contributed by atoms with Crippen LogP contribution in [0.25, 0.3) is 5.69 Å². The third kappa shape index (κ3) is 4.25. The smallest absolute Gasteiger partial charge is 0.325 e. The molecule has 1 aromatic carbocycles. The lowest BCUT2D eigenvalue weighted by atomic mass is 9.96. The zero-order valence-corrected chi connectivity index (χ0v) is 20.6. The van der Waals surface area contributed by atoms with Crippen LogP contribution in [0.4, 0.5) is 0 Å². The SMILES string of the molecule is CCOC(=O)CN1C(=S)N[C@@H](c2ccccn2)[C@H]1c1cc(C)n(-c2c(C)cccc2C)c1C. The van der Waals surface area contributed by atoms with Crippen molar-refractivity contribution in [1.29, 1.82) is 0 Å². The molecule has 0 radical (unpaired) electrons. The molecule has 0 amide bonds. The average molecular weight is 463 g/mol.